The number of nitrogens with zero attached hydrogens (tertiary/aromatic N) is 1. The first-order valence-corrected chi connectivity index (χ1v) is 7.09. The fourth-order valence-electron chi connectivity index (χ4n) is 2.08. The Labute approximate surface area is 123 Å². The maximum Gasteiger partial charge on any atom is 0.227 e. The second kappa shape index (κ2) is 6.31. The van der Waals surface area contributed by atoms with E-state index in [1.807, 2.05) is 20.8 Å². The highest BCUT2D eigenvalue weighted by Gasteiger charge is 2.12. The average molecular weight is 285 g/mol. The molecule has 2 aromatic carbocycles. The van der Waals surface area contributed by atoms with Crippen molar-refractivity contribution in [2.75, 3.05) is 0 Å². The lowest BCUT2D eigenvalue weighted by Crippen LogP contribution is -1.80. The number of phenolic OH excluding ortho intramolecular Hbond substituents is 2. The van der Waals surface area contributed by atoms with Crippen LogP contribution in [0.2, 0.25) is 0 Å². The van der Waals surface area contributed by atoms with Gasteiger partial charge in [-0.25, -0.2) is 4.98 Å². The first kappa shape index (κ1) is 14.9. The van der Waals surface area contributed by atoms with Gasteiger partial charge in [-0.3, -0.25) is 0 Å². The minimum Gasteiger partial charge on any atom is -0.508 e. The lowest BCUT2D eigenvalue weighted by atomic mass is 10.1. The minimum absolute atomic E-state index is 0.190. The van der Waals surface area contributed by atoms with Crippen LogP contribution in [0.5, 0.6) is 11.5 Å². The second-order valence-corrected chi connectivity index (χ2v) is 4.37. The molecule has 0 aliphatic rings. The van der Waals surface area contributed by atoms with Crippen molar-refractivity contribution in [3.8, 4) is 23.0 Å². The third kappa shape index (κ3) is 2.99. The van der Waals surface area contributed by atoms with Gasteiger partial charge >= 0.3 is 0 Å². The van der Waals surface area contributed by atoms with Crippen molar-refractivity contribution >= 4 is 11.1 Å². The Bertz CT molecular complexity index is 730. The van der Waals surface area contributed by atoms with Crippen LogP contribution < -0.4 is 0 Å². The number of phenols is 2. The molecular formula is C17H19NO3. The lowest BCUT2D eigenvalue weighted by molar-refractivity contribution is 0.474. The summed E-state index contributed by atoms with van der Waals surface area (Å²) in [4.78, 5) is 4.37. The van der Waals surface area contributed by atoms with Gasteiger partial charge in [0.2, 0.25) is 5.89 Å². The molecule has 0 fully saturated rings. The van der Waals surface area contributed by atoms with E-state index in [0.29, 0.717) is 17.0 Å². The molecule has 0 saturated heterocycles. The zero-order chi connectivity index (χ0) is 15.4. The topological polar surface area (TPSA) is 66.5 Å². The van der Waals surface area contributed by atoms with E-state index < -0.39 is 0 Å². The molecule has 0 radical (unpaired) electrons. The molecule has 4 heteroatoms. The normalized spacial score (nSPS) is 10.2. The van der Waals surface area contributed by atoms with Crippen molar-refractivity contribution in [1.29, 1.82) is 0 Å². The van der Waals surface area contributed by atoms with E-state index in [4.69, 9.17) is 4.42 Å². The molecule has 0 amide bonds. The summed E-state index contributed by atoms with van der Waals surface area (Å²) in [6.45, 7) is 6.00. The summed E-state index contributed by atoms with van der Waals surface area (Å²) in [5.41, 5.74) is 3.05. The van der Waals surface area contributed by atoms with Crippen molar-refractivity contribution < 1.29 is 14.6 Å². The number of benzene rings is 2. The van der Waals surface area contributed by atoms with Gasteiger partial charge in [0.15, 0.2) is 5.58 Å². The van der Waals surface area contributed by atoms with Crippen LogP contribution in [-0.4, -0.2) is 15.2 Å². The fraction of sp³-hybridized carbons (Fsp3) is 0.235. The fourth-order valence-corrected chi connectivity index (χ4v) is 2.08. The van der Waals surface area contributed by atoms with E-state index in [1.165, 1.54) is 0 Å². The predicted molar refractivity (Wildman–Crippen MR) is 83.5 cm³/mol. The van der Waals surface area contributed by atoms with Gasteiger partial charge in [-0.05, 0) is 36.8 Å². The maximum atomic E-state index is 9.64. The Morgan fingerprint density at radius 3 is 2.29 bits per heavy atom. The van der Waals surface area contributed by atoms with Crippen LogP contribution in [0, 0.1) is 0 Å². The van der Waals surface area contributed by atoms with Crippen molar-refractivity contribution in [2.24, 2.45) is 0 Å². The quantitative estimate of drug-likeness (QED) is 0.727. The first-order chi connectivity index (χ1) is 10.2. The number of hydrogen-bond donors (Lipinski definition) is 2. The summed E-state index contributed by atoms with van der Waals surface area (Å²) < 4.78 is 5.77. The van der Waals surface area contributed by atoms with E-state index in [9.17, 15) is 10.2 Å². The van der Waals surface area contributed by atoms with Gasteiger partial charge in [0.05, 0.1) is 0 Å². The molecule has 21 heavy (non-hydrogen) atoms. The minimum atomic E-state index is 0.190. The molecule has 1 heterocycles. The van der Waals surface area contributed by atoms with E-state index in [2.05, 4.69) is 4.98 Å². The smallest absolute Gasteiger partial charge is 0.227 e. The van der Waals surface area contributed by atoms with Gasteiger partial charge < -0.3 is 14.6 Å². The molecule has 3 aromatic rings. The van der Waals surface area contributed by atoms with Gasteiger partial charge in [0.25, 0.3) is 0 Å². The largest absolute Gasteiger partial charge is 0.508 e. The Hall–Kier alpha value is -2.49. The van der Waals surface area contributed by atoms with Crippen LogP contribution in [0.25, 0.3) is 22.6 Å². The Balaban J connectivity index is 0.000000774. The van der Waals surface area contributed by atoms with Gasteiger partial charge in [-0.15, -0.1) is 0 Å². The zero-order valence-electron chi connectivity index (χ0n) is 12.4. The van der Waals surface area contributed by atoms with E-state index in [-0.39, 0.29) is 11.5 Å². The molecule has 0 saturated carbocycles. The van der Waals surface area contributed by atoms with E-state index in [0.717, 1.165) is 17.5 Å². The molecule has 3 rings (SSSR count). The third-order valence-corrected chi connectivity index (χ3v) is 3.05. The lowest BCUT2D eigenvalue weighted by Gasteiger charge is -1.98. The van der Waals surface area contributed by atoms with Gasteiger partial charge in [0.1, 0.15) is 17.0 Å². The monoisotopic (exact) mass is 285 g/mol. The van der Waals surface area contributed by atoms with Crippen molar-refractivity contribution in [1.82, 2.24) is 4.98 Å². The number of aryl methyl sites for hydroxylation is 1. The highest BCUT2D eigenvalue weighted by atomic mass is 16.3. The first-order valence-electron chi connectivity index (χ1n) is 7.09. The van der Waals surface area contributed by atoms with Crippen LogP contribution in [0.3, 0.4) is 0 Å². The number of aromatic nitrogens is 1. The highest BCUT2D eigenvalue weighted by molar-refractivity contribution is 5.81. The highest BCUT2D eigenvalue weighted by Crippen LogP contribution is 2.30. The van der Waals surface area contributed by atoms with Gasteiger partial charge in [-0.1, -0.05) is 20.8 Å². The van der Waals surface area contributed by atoms with Crippen LogP contribution in [0.15, 0.2) is 40.8 Å². The summed E-state index contributed by atoms with van der Waals surface area (Å²) in [6.07, 6.45) is 0.759. The van der Waals surface area contributed by atoms with Crippen LogP contribution in [0.1, 0.15) is 26.3 Å². The molecule has 0 spiro atoms. The van der Waals surface area contributed by atoms with E-state index in [1.54, 1.807) is 36.4 Å². The summed E-state index contributed by atoms with van der Waals surface area (Å²) >= 11 is 0. The van der Waals surface area contributed by atoms with Crippen molar-refractivity contribution in [3.05, 3.63) is 42.0 Å². The molecule has 0 bridgehead atoms. The molecule has 0 unspecified atom stereocenters. The average Bonchev–Trinajstić information content (AvgIpc) is 2.93. The summed E-state index contributed by atoms with van der Waals surface area (Å²) in [7, 11) is 0. The third-order valence-electron chi connectivity index (χ3n) is 3.05. The second-order valence-electron chi connectivity index (χ2n) is 4.37. The zero-order valence-corrected chi connectivity index (χ0v) is 12.4. The molecular weight excluding hydrogens is 266 g/mol. The summed E-state index contributed by atoms with van der Waals surface area (Å²) in [5.74, 6) is 0.872. The molecule has 1 aromatic heterocycles. The summed E-state index contributed by atoms with van der Waals surface area (Å²) in [5, 5.41) is 18.9. The molecule has 0 aliphatic heterocycles. The molecule has 2 N–H and O–H groups in total. The van der Waals surface area contributed by atoms with E-state index >= 15 is 0 Å². The Kier molecular flexibility index (Phi) is 4.48. The number of hydrogen-bond acceptors (Lipinski definition) is 4. The Morgan fingerprint density at radius 2 is 1.67 bits per heavy atom. The van der Waals surface area contributed by atoms with Crippen molar-refractivity contribution in [2.45, 2.75) is 27.2 Å². The number of fused-ring (bicyclic) bond motifs is 1. The number of aromatic hydroxyl groups is 2. The van der Waals surface area contributed by atoms with Gasteiger partial charge in [-0.2, -0.15) is 0 Å². The molecule has 0 aliphatic carbocycles. The standard InChI is InChI=1S/C15H13NO3.C2H6/c1-2-9-7-12(18)8-13-14(9)19-15(16-13)10-3-5-11(17)6-4-10;1-2/h3-8,17-18H,2H2,1H3;1-2H3. The Morgan fingerprint density at radius 1 is 1.00 bits per heavy atom. The maximum absolute atomic E-state index is 9.64. The van der Waals surface area contributed by atoms with Crippen LogP contribution >= 0.6 is 0 Å². The van der Waals surface area contributed by atoms with Gasteiger partial charge in [0, 0.05) is 17.2 Å². The van der Waals surface area contributed by atoms with Crippen LogP contribution in [-0.2, 0) is 6.42 Å². The number of rotatable bonds is 2. The SMILES string of the molecule is CC.CCc1cc(O)cc2nc(-c3ccc(O)cc3)oc12. The van der Waals surface area contributed by atoms with Crippen molar-refractivity contribution in [3.63, 3.8) is 0 Å². The summed E-state index contributed by atoms with van der Waals surface area (Å²) in [6, 6.07) is 9.93. The predicted octanol–water partition coefficient (Wildman–Crippen LogP) is 4.49. The molecule has 0 atom stereocenters. The molecule has 110 valence electrons. The van der Waals surface area contributed by atoms with Crippen LogP contribution in [0.4, 0.5) is 0 Å². The molecule has 4 nitrogen and oxygen atoms in total. The number of oxazole rings is 1.